The minimum atomic E-state index is -0.220. The molecule has 0 aromatic heterocycles. The second-order valence-corrected chi connectivity index (χ2v) is 8.77. The fourth-order valence-electron chi connectivity index (χ4n) is 5.44. The van der Waals surface area contributed by atoms with Crippen LogP contribution in [0.4, 0.5) is 0 Å². The van der Waals surface area contributed by atoms with Gasteiger partial charge in [0.1, 0.15) is 6.23 Å². The second-order valence-electron chi connectivity index (χ2n) is 8.77. The van der Waals surface area contributed by atoms with Gasteiger partial charge in [0.25, 0.3) is 0 Å². The summed E-state index contributed by atoms with van der Waals surface area (Å²) in [5.74, 6) is 0.241. The van der Waals surface area contributed by atoms with Crippen molar-refractivity contribution >= 4 is 5.97 Å². The third kappa shape index (κ3) is 3.10. The van der Waals surface area contributed by atoms with Gasteiger partial charge in [-0.25, -0.2) is 4.79 Å². The van der Waals surface area contributed by atoms with Crippen LogP contribution in [0.15, 0.2) is 60.2 Å². The molecule has 0 spiro atoms. The van der Waals surface area contributed by atoms with E-state index in [4.69, 9.17) is 9.47 Å². The summed E-state index contributed by atoms with van der Waals surface area (Å²) in [6.45, 7) is 6.76. The SMILES string of the molecule is CCOC(=O)C1=C[C@@H](c2ccccc2)N2C(C1)O[C@@H]1Cc3cccc(C(C)C)c3[C@@H]12. The number of fused-ring (bicyclic) bond motifs is 5. The van der Waals surface area contributed by atoms with E-state index < -0.39 is 0 Å². The summed E-state index contributed by atoms with van der Waals surface area (Å²) < 4.78 is 11.9. The summed E-state index contributed by atoms with van der Waals surface area (Å²) in [5, 5.41) is 0. The van der Waals surface area contributed by atoms with Crippen LogP contribution in [-0.2, 0) is 20.7 Å². The van der Waals surface area contributed by atoms with Gasteiger partial charge >= 0.3 is 5.97 Å². The van der Waals surface area contributed by atoms with E-state index in [1.54, 1.807) is 0 Å². The molecule has 1 saturated heterocycles. The van der Waals surface area contributed by atoms with Gasteiger partial charge < -0.3 is 9.47 Å². The molecule has 4 nitrogen and oxygen atoms in total. The van der Waals surface area contributed by atoms with Crippen molar-refractivity contribution in [3.63, 3.8) is 0 Å². The molecule has 3 aliphatic rings. The maximum absolute atomic E-state index is 12.6. The molecule has 0 radical (unpaired) electrons. The highest BCUT2D eigenvalue weighted by Crippen LogP contribution is 2.53. The van der Waals surface area contributed by atoms with Crippen molar-refractivity contribution in [3.8, 4) is 0 Å². The monoisotopic (exact) mass is 403 g/mol. The van der Waals surface area contributed by atoms with Gasteiger partial charge in [0, 0.05) is 18.4 Å². The van der Waals surface area contributed by atoms with Crippen LogP contribution in [0.2, 0.25) is 0 Å². The molecular weight excluding hydrogens is 374 g/mol. The summed E-state index contributed by atoms with van der Waals surface area (Å²) in [4.78, 5) is 15.1. The molecule has 4 atom stereocenters. The van der Waals surface area contributed by atoms with E-state index in [0.717, 1.165) is 12.0 Å². The third-order valence-corrected chi connectivity index (χ3v) is 6.66. The summed E-state index contributed by atoms with van der Waals surface area (Å²) in [7, 11) is 0. The van der Waals surface area contributed by atoms with Crippen LogP contribution in [0.5, 0.6) is 0 Å². The van der Waals surface area contributed by atoms with Crippen molar-refractivity contribution in [2.24, 2.45) is 0 Å². The molecule has 0 saturated carbocycles. The van der Waals surface area contributed by atoms with Crippen molar-refractivity contribution in [3.05, 3.63) is 82.4 Å². The Labute approximate surface area is 178 Å². The first-order valence-corrected chi connectivity index (χ1v) is 11.1. The molecule has 0 N–H and O–H groups in total. The number of rotatable bonds is 4. The number of esters is 1. The largest absolute Gasteiger partial charge is 0.463 e. The number of ether oxygens (including phenoxy) is 2. The highest BCUT2D eigenvalue weighted by atomic mass is 16.5. The van der Waals surface area contributed by atoms with Gasteiger partial charge in [-0.05, 0) is 35.1 Å². The van der Waals surface area contributed by atoms with E-state index in [0.29, 0.717) is 18.9 Å². The first-order chi connectivity index (χ1) is 14.6. The Kier molecular flexibility index (Phi) is 5.00. The van der Waals surface area contributed by atoms with Crippen LogP contribution in [-0.4, -0.2) is 29.8 Å². The minimum Gasteiger partial charge on any atom is -0.463 e. The quantitative estimate of drug-likeness (QED) is 0.668. The van der Waals surface area contributed by atoms with Gasteiger partial charge in [-0.1, -0.05) is 68.5 Å². The first-order valence-electron chi connectivity index (χ1n) is 11.1. The highest BCUT2D eigenvalue weighted by Gasteiger charge is 2.52. The summed E-state index contributed by atoms with van der Waals surface area (Å²) in [6, 6.07) is 17.3. The molecule has 2 aromatic carbocycles. The Morgan fingerprint density at radius 3 is 2.67 bits per heavy atom. The molecular formula is C26H29NO3. The van der Waals surface area contributed by atoms with Gasteiger partial charge in [-0.3, -0.25) is 4.90 Å². The number of hydrogen-bond donors (Lipinski definition) is 0. The van der Waals surface area contributed by atoms with E-state index >= 15 is 0 Å². The molecule has 30 heavy (non-hydrogen) atoms. The highest BCUT2D eigenvalue weighted by molar-refractivity contribution is 5.89. The van der Waals surface area contributed by atoms with Gasteiger partial charge in [-0.2, -0.15) is 0 Å². The predicted octanol–water partition coefficient (Wildman–Crippen LogP) is 5.07. The van der Waals surface area contributed by atoms with Gasteiger partial charge in [-0.15, -0.1) is 0 Å². The zero-order valence-electron chi connectivity index (χ0n) is 17.9. The topological polar surface area (TPSA) is 38.8 Å². The fraction of sp³-hybridized carbons (Fsp3) is 0.423. The Balaban J connectivity index is 1.61. The van der Waals surface area contributed by atoms with Crippen molar-refractivity contribution in [1.29, 1.82) is 0 Å². The Morgan fingerprint density at radius 1 is 1.13 bits per heavy atom. The predicted molar refractivity (Wildman–Crippen MR) is 116 cm³/mol. The molecule has 1 fully saturated rings. The number of nitrogens with zero attached hydrogens (tertiary/aromatic N) is 1. The zero-order chi connectivity index (χ0) is 20.8. The standard InChI is InChI=1S/C26H29NO3/c1-4-29-26(28)19-13-21(17-9-6-5-7-10-17)27-23(15-19)30-22-14-18-11-8-12-20(16(2)3)24(18)25(22)27/h5-13,16,21-23,25H,4,14-15H2,1-3H3/t21-,22+,23?,25+/m0/s1. The van der Waals surface area contributed by atoms with Crippen LogP contribution in [0.3, 0.4) is 0 Å². The molecule has 2 aromatic rings. The lowest BCUT2D eigenvalue weighted by atomic mass is 9.89. The first kappa shape index (κ1) is 19.5. The number of carbonyl (C=O) groups is 1. The van der Waals surface area contributed by atoms with Crippen LogP contribution < -0.4 is 0 Å². The number of benzene rings is 2. The van der Waals surface area contributed by atoms with Gasteiger partial charge in [0.15, 0.2) is 0 Å². The number of hydrogen-bond acceptors (Lipinski definition) is 4. The van der Waals surface area contributed by atoms with Gasteiger partial charge in [0.2, 0.25) is 0 Å². The smallest absolute Gasteiger partial charge is 0.333 e. The van der Waals surface area contributed by atoms with Crippen molar-refractivity contribution in [2.45, 2.75) is 63.9 Å². The van der Waals surface area contributed by atoms with Crippen LogP contribution >= 0.6 is 0 Å². The molecule has 0 bridgehead atoms. The maximum Gasteiger partial charge on any atom is 0.333 e. The molecule has 156 valence electrons. The van der Waals surface area contributed by atoms with Crippen LogP contribution in [0, 0.1) is 0 Å². The van der Waals surface area contributed by atoms with E-state index in [2.05, 4.69) is 67.3 Å². The Hall–Kier alpha value is -2.43. The summed E-state index contributed by atoms with van der Waals surface area (Å²) in [5.41, 5.74) is 6.17. The molecule has 2 aliphatic heterocycles. The molecule has 2 heterocycles. The summed E-state index contributed by atoms with van der Waals surface area (Å²) in [6.07, 6.45) is 3.64. The third-order valence-electron chi connectivity index (χ3n) is 6.66. The van der Waals surface area contributed by atoms with Crippen molar-refractivity contribution in [1.82, 2.24) is 4.90 Å². The maximum atomic E-state index is 12.6. The lowest BCUT2D eigenvalue weighted by molar-refractivity contribution is -0.139. The van der Waals surface area contributed by atoms with Crippen LogP contribution in [0.1, 0.15) is 67.4 Å². The molecule has 5 rings (SSSR count). The zero-order valence-corrected chi connectivity index (χ0v) is 17.9. The second kappa shape index (κ2) is 7.68. The fourth-order valence-corrected chi connectivity index (χ4v) is 5.44. The lowest BCUT2D eigenvalue weighted by Crippen LogP contribution is -2.40. The average molecular weight is 404 g/mol. The Bertz CT molecular complexity index is 981. The van der Waals surface area contributed by atoms with E-state index in [1.165, 1.54) is 22.3 Å². The van der Waals surface area contributed by atoms with Crippen molar-refractivity contribution < 1.29 is 14.3 Å². The molecule has 1 aliphatic carbocycles. The normalized spacial score (nSPS) is 27.4. The molecule has 4 heteroatoms. The molecule has 0 amide bonds. The van der Waals surface area contributed by atoms with E-state index in [9.17, 15) is 4.79 Å². The van der Waals surface area contributed by atoms with Crippen LogP contribution in [0.25, 0.3) is 0 Å². The van der Waals surface area contributed by atoms with Crippen molar-refractivity contribution in [2.75, 3.05) is 6.61 Å². The number of carbonyl (C=O) groups excluding carboxylic acids is 1. The summed E-state index contributed by atoms with van der Waals surface area (Å²) >= 11 is 0. The minimum absolute atomic E-state index is 0.00877. The molecule has 1 unspecified atom stereocenters. The lowest BCUT2D eigenvalue weighted by Gasteiger charge is -2.39. The van der Waals surface area contributed by atoms with Gasteiger partial charge in [0.05, 0.1) is 24.8 Å². The van der Waals surface area contributed by atoms with E-state index in [-0.39, 0.29) is 30.4 Å². The van der Waals surface area contributed by atoms with E-state index in [1.807, 2.05) is 13.0 Å². The average Bonchev–Trinajstić information content (AvgIpc) is 3.28. The Morgan fingerprint density at radius 2 is 1.93 bits per heavy atom.